The van der Waals surface area contributed by atoms with Gasteiger partial charge in [0.1, 0.15) is 12.2 Å². The number of aliphatic hydroxyl groups is 1. The highest BCUT2D eigenvalue weighted by molar-refractivity contribution is 5.78. The highest BCUT2D eigenvalue weighted by atomic mass is 16.6. The lowest BCUT2D eigenvalue weighted by molar-refractivity contribution is -0.145. The quantitative estimate of drug-likeness (QED) is 0.680. The third kappa shape index (κ3) is 7.67. The minimum absolute atomic E-state index is 0.104. The third-order valence-electron chi connectivity index (χ3n) is 4.69. The molecule has 0 radical (unpaired) electrons. The summed E-state index contributed by atoms with van der Waals surface area (Å²) in [5.41, 5.74) is 0.291. The summed E-state index contributed by atoms with van der Waals surface area (Å²) in [6.07, 6.45) is 0.280. The van der Waals surface area contributed by atoms with Gasteiger partial charge in [-0.1, -0.05) is 30.3 Å². The molecule has 1 atom stereocenters. The zero-order chi connectivity index (χ0) is 22.1. The molecule has 30 heavy (non-hydrogen) atoms. The van der Waals surface area contributed by atoms with Crippen LogP contribution >= 0.6 is 0 Å². The average Bonchev–Trinajstić information content (AvgIpc) is 2.71. The monoisotopic (exact) mass is 420 g/mol. The van der Waals surface area contributed by atoms with E-state index in [0.29, 0.717) is 19.5 Å². The fraction of sp³-hybridized carbons (Fsp3) is 0.591. The summed E-state index contributed by atoms with van der Waals surface area (Å²) in [4.78, 5) is 39.7. The number of aliphatic hydroxyl groups excluding tert-OH is 1. The molecular formula is C22H32N2O6. The summed E-state index contributed by atoms with van der Waals surface area (Å²) >= 11 is 0. The molecule has 1 aliphatic heterocycles. The second-order valence-electron chi connectivity index (χ2n) is 8.35. The van der Waals surface area contributed by atoms with Gasteiger partial charge in [0.05, 0.1) is 12.6 Å². The number of nitrogens with zero attached hydrogens (tertiary/aromatic N) is 2. The van der Waals surface area contributed by atoms with Crippen LogP contribution in [0.4, 0.5) is 4.79 Å². The molecule has 0 saturated carbocycles. The van der Waals surface area contributed by atoms with Crippen molar-refractivity contribution in [3.63, 3.8) is 0 Å². The van der Waals surface area contributed by atoms with Crippen LogP contribution in [0.15, 0.2) is 30.3 Å². The van der Waals surface area contributed by atoms with E-state index in [1.165, 1.54) is 4.90 Å². The predicted octanol–water partition coefficient (Wildman–Crippen LogP) is 2.34. The molecule has 1 N–H and O–H groups in total. The number of piperazine rings is 1. The number of amides is 2. The minimum Gasteiger partial charge on any atom is -0.461 e. The van der Waals surface area contributed by atoms with Gasteiger partial charge in [-0.05, 0) is 32.8 Å². The van der Waals surface area contributed by atoms with E-state index >= 15 is 0 Å². The molecule has 0 bridgehead atoms. The molecule has 1 aliphatic rings. The molecule has 1 saturated heterocycles. The van der Waals surface area contributed by atoms with Gasteiger partial charge < -0.3 is 19.5 Å². The van der Waals surface area contributed by atoms with Crippen molar-refractivity contribution < 1.29 is 29.0 Å². The van der Waals surface area contributed by atoms with Gasteiger partial charge in [0.25, 0.3) is 0 Å². The van der Waals surface area contributed by atoms with Crippen molar-refractivity contribution in [2.75, 3.05) is 26.2 Å². The van der Waals surface area contributed by atoms with Crippen molar-refractivity contribution in [2.45, 2.75) is 58.3 Å². The van der Waals surface area contributed by atoms with Gasteiger partial charge in [0, 0.05) is 32.5 Å². The van der Waals surface area contributed by atoms with Crippen molar-refractivity contribution in [3.05, 3.63) is 35.9 Å². The first kappa shape index (κ1) is 23.7. The standard InChI is InChI=1S/C22H32N2O6/c1-22(2,3)30-21(28)24-13-12-23(14-18(24)15-25)19(26)10-7-11-20(27)29-16-17-8-5-4-6-9-17/h4-6,8-9,18,25H,7,10-16H2,1-3H3. The maximum atomic E-state index is 12.5. The van der Waals surface area contributed by atoms with E-state index in [2.05, 4.69) is 0 Å². The lowest BCUT2D eigenvalue weighted by atomic mass is 10.1. The van der Waals surface area contributed by atoms with E-state index in [-0.39, 0.29) is 44.5 Å². The molecule has 0 aliphatic carbocycles. The maximum Gasteiger partial charge on any atom is 0.410 e. The van der Waals surface area contributed by atoms with Gasteiger partial charge in [-0.3, -0.25) is 14.5 Å². The zero-order valence-corrected chi connectivity index (χ0v) is 18.0. The van der Waals surface area contributed by atoms with Crippen LogP contribution in [0.25, 0.3) is 0 Å². The Morgan fingerprint density at radius 2 is 1.80 bits per heavy atom. The molecule has 8 heteroatoms. The molecule has 166 valence electrons. The van der Waals surface area contributed by atoms with Crippen molar-refractivity contribution in [1.29, 1.82) is 0 Å². The number of rotatable bonds is 7. The number of hydrogen-bond donors (Lipinski definition) is 1. The molecule has 1 fully saturated rings. The van der Waals surface area contributed by atoms with Gasteiger partial charge in [-0.2, -0.15) is 0 Å². The molecule has 1 aromatic carbocycles. The zero-order valence-electron chi connectivity index (χ0n) is 18.0. The van der Waals surface area contributed by atoms with Crippen LogP contribution in [0.5, 0.6) is 0 Å². The van der Waals surface area contributed by atoms with Gasteiger partial charge >= 0.3 is 12.1 Å². The molecule has 2 amide bonds. The molecule has 1 unspecified atom stereocenters. The Hall–Kier alpha value is -2.61. The van der Waals surface area contributed by atoms with Crippen LogP contribution in [0.3, 0.4) is 0 Å². The van der Waals surface area contributed by atoms with Crippen molar-refractivity contribution in [3.8, 4) is 0 Å². The lowest BCUT2D eigenvalue weighted by Crippen LogP contribution is -2.58. The van der Waals surface area contributed by atoms with Crippen molar-refractivity contribution in [1.82, 2.24) is 9.80 Å². The number of carbonyl (C=O) groups is 3. The normalized spacial score (nSPS) is 16.9. The molecule has 1 heterocycles. The number of ether oxygens (including phenoxy) is 2. The molecule has 0 spiro atoms. The van der Waals surface area contributed by atoms with Crippen molar-refractivity contribution >= 4 is 18.0 Å². The van der Waals surface area contributed by atoms with Crippen LogP contribution in [0, 0.1) is 0 Å². The molecular weight excluding hydrogens is 388 g/mol. The summed E-state index contributed by atoms with van der Waals surface area (Å²) in [7, 11) is 0. The summed E-state index contributed by atoms with van der Waals surface area (Å²) in [5, 5.41) is 9.66. The van der Waals surface area contributed by atoms with E-state index in [1.54, 1.807) is 25.7 Å². The number of carbonyl (C=O) groups excluding carboxylic acids is 3. The van der Waals surface area contributed by atoms with Gasteiger partial charge in [-0.25, -0.2) is 4.79 Å². The molecule has 0 aromatic heterocycles. The number of esters is 1. The van der Waals surface area contributed by atoms with Crippen molar-refractivity contribution in [2.24, 2.45) is 0 Å². The number of hydrogen-bond acceptors (Lipinski definition) is 6. The first-order chi connectivity index (χ1) is 14.2. The first-order valence-corrected chi connectivity index (χ1v) is 10.3. The Morgan fingerprint density at radius 1 is 1.10 bits per heavy atom. The Labute approximate surface area is 177 Å². The fourth-order valence-corrected chi connectivity index (χ4v) is 3.15. The van der Waals surface area contributed by atoms with Crippen LogP contribution in [-0.4, -0.2) is 70.8 Å². The topological polar surface area (TPSA) is 96.4 Å². The Morgan fingerprint density at radius 3 is 2.43 bits per heavy atom. The second-order valence-corrected chi connectivity index (χ2v) is 8.35. The summed E-state index contributed by atoms with van der Waals surface area (Å²) in [6.45, 7) is 6.22. The Balaban J connectivity index is 1.73. The Bertz CT molecular complexity index is 716. The third-order valence-corrected chi connectivity index (χ3v) is 4.69. The lowest BCUT2D eigenvalue weighted by Gasteiger charge is -2.41. The van der Waals surface area contributed by atoms with Crippen LogP contribution in [0.2, 0.25) is 0 Å². The van der Waals surface area contributed by atoms with Gasteiger partial charge in [0.2, 0.25) is 5.91 Å². The minimum atomic E-state index is -0.626. The van der Waals surface area contributed by atoms with E-state index in [9.17, 15) is 19.5 Å². The fourth-order valence-electron chi connectivity index (χ4n) is 3.15. The highest BCUT2D eigenvalue weighted by Gasteiger charge is 2.34. The van der Waals surface area contributed by atoms with E-state index in [4.69, 9.17) is 9.47 Å². The summed E-state index contributed by atoms with van der Waals surface area (Å²) in [5.74, 6) is -0.442. The predicted molar refractivity (Wildman–Crippen MR) is 110 cm³/mol. The number of benzene rings is 1. The maximum absolute atomic E-state index is 12.5. The SMILES string of the molecule is CC(C)(C)OC(=O)N1CCN(C(=O)CCCC(=O)OCc2ccccc2)CC1CO. The van der Waals surface area contributed by atoms with E-state index in [1.807, 2.05) is 30.3 Å². The van der Waals surface area contributed by atoms with Gasteiger partial charge in [0.15, 0.2) is 0 Å². The van der Waals surface area contributed by atoms with E-state index < -0.39 is 17.7 Å². The van der Waals surface area contributed by atoms with Crippen LogP contribution < -0.4 is 0 Å². The smallest absolute Gasteiger partial charge is 0.410 e. The van der Waals surface area contributed by atoms with E-state index in [0.717, 1.165) is 5.56 Å². The Kier molecular flexibility index (Phi) is 8.65. The van der Waals surface area contributed by atoms with Gasteiger partial charge in [-0.15, -0.1) is 0 Å². The van der Waals surface area contributed by atoms with Crippen LogP contribution in [0.1, 0.15) is 45.6 Å². The molecule has 8 nitrogen and oxygen atoms in total. The molecule has 1 aromatic rings. The average molecular weight is 421 g/mol. The second kappa shape index (κ2) is 11.0. The molecule has 2 rings (SSSR count). The summed E-state index contributed by atoms with van der Waals surface area (Å²) in [6, 6.07) is 8.91. The highest BCUT2D eigenvalue weighted by Crippen LogP contribution is 2.17. The first-order valence-electron chi connectivity index (χ1n) is 10.3. The van der Waals surface area contributed by atoms with Crippen LogP contribution in [-0.2, 0) is 25.7 Å². The summed E-state index contributed by atoms with van der Waals surface area (Å²) < 4.78 is 10.6. The largest absolute Gasteiger partial charge is 0.461 e.